The van der Waals surface area contributed by atoms with Gasteiger partial charge in [0, 0.05) is 0 Å². The first-order valence-corrected chi connectivity index (χ1v) is 9.72. The summed E-state index contributed by atoms with van der Waals surface area (Å²) in [6, 6.07) is 14.0. The third-order valence-corrected chi connectivity index (χ3v) is 5.10. The Labute approximate surface area is 161 Å². The maximum Gasteiger partial charge on any atom is 0.228 e. The number of hydrogen-bond acceptors (Lipinski definition) is 3. The monoisotopic (exact) mass is 367 g/mol. The number of aryl methyl sites for hydroxylation is 1. The molecule has 0 aliphatic heterocycles. The lowest BCUT2D eigenvalue weighted by Crippen LogP contribution is -2.33. The van der Waals surface area contributed by atoms with Gasteiger partial charge in [0.15, 0.2) is 11.5 Å². The second kappa shape index (κ2) is 8.47. The molecule has 1 aliphatic rings. The number of fused-ring (bicyclic) bond motifs is 1. The number of benzene rings is 2. The van der Waals surface area contributed by atoms with Crippen molar-refractivity contribution >= 4 is 5.91 Å². The number of hydrogen-bond donors (Lipinski definition) is 1. The van der Waals surface area contributed by atoms with E-state index in [2.05, 4.69) is 23.5 Å². The van der Waals surface area contributed by atoms with Crippen LogP contribution < -0.4 is 14.8 Å². The standard InChI is InChI=1S/C23H29NO3/c1-15(2)27-21-13-12-18(14-22(21)26-4)16(3)24-23(25)20-11-7-9-17-8-5-6-10-19(17)20/h5-6,8,10,12-16,20H,7,9,11H2,1-4H3,(H,24,25). The van der Waals surface area contributed by atoms with Crippen molar-refractivity contribution < 1.29 is 14.3 Å². The summed E-state index contributed by atoms with van der Waals surface area (Å²) in [5.41, 5.74) is 3.47. The van der Waals surface area contributed by atoms with Crippen LogP contribution in [0.25, 0.3) is 0 Å². The Kier molecular flexibility index (Phi) is 6.04. The molecule has 0 saturated carbocycles. The summed E-state index contributed by atoms with van der Waals surface area (Å²) in [6.07, 6.45) is 3.09. The predicted octanol–water partition coefficient (Wildman–Crippen LogP) is 4.78. The summed E-state index contributed by atoms with van der Waals surface area (Å²) in [5.74, 6) is 1.43. The summed E-state index contributed by atoms with van der Waals surface area (Å²) in [6.45, 7) is 5.97. The van der Waals surface area contributed by atoms with E-state index in [4.69, 9.17) is 9.47 Å². The summed E-state index contributed by atoms with van der Waals surface area (Å²) in [7, 11) is 1.63. The zero-order chi connectivity index (χ0) is 19.4. The number of ether oxygens (including phenoxy) is 2. The van der Waals surface area contributed by atoms with Gasteiger partial charge < -0.3 is 14.8 Å². The Morgan fingerprint density at radius 2 is 1.89 bits per heavy atom. The van der Waals surface area contributed by atoms with Crippen molar-refractivity contribution in [2.45, 2.75) is 58.1 Å². The highest BCUT2D eigenvalue weighted by molar-refractivity contribution is 5.84. The van der Waals surface area contributed by atoms with E-state index in [1.54, 1.807) is 7.11 Å². The average molecular weight is 367 g/mol. The topological polar surface area (TPSA) is 47.6 Å². The van der Waals surface area contributed by atoms with Gasteiger partial charge in [-0.1, -0.05) is 30.3 Å². The van der Waals surface area contributed by atoms with Gasteiger partial charge in [-0.05, 0) is 68.9 Å². The Morgan fingerprint density at radius 1 is 1.11 bits per heavy atom. The van der Waals surface area contributed by atoms with E-state index >= 15 is 0 Å². The third-order valence-electron chi connectivity index (χ3n) is 5.10. The molecule has 0 radical (unpaired) electrons. The van der Waals surface area contributed by atoms with Crippen molar-refractivity contribution in [2.75, 3.05) is 7.11 Å². The Balaban J connectivity index is 1.74. The van der Waals surface area contributed by atoms with Gasteiger partial charge in [0.1, 0.15) is 0 Å². The summed E-state index contributed by atoms with van der Waals surface area (Å²) < 4.78 is 11.2. The lowest BCUT2D eigenvalue weighted by atomic mass is 9.82. The number of amides is 1. The molecule has 4 nitrogen and oxygen atoms in total. The average Bonchev–Trinajstić information content (AvgIpc) is 2.67. The lowest BCUT2D eigenvalue weighted by Gasteiger charge is -2.26. The highest BCUT2D eigenvalue weighted by Crippen LogP contribution is 2.34. The van der Waals surface area contributed by atoms with Gasteiger partial charge >= 0.3 is 0 Å². The smallest absolute Gasteiger partial charge is 0.228 e. The van der Waals surface area contributed by atoms with Crippen molar-refractivity contribution in [3.05, 3.63) is 59.2 Å². The largest absolute Gasteiger partial charge is 0.493 e. The number of methoxy groups -OCH3 is 1. The molecule has 0 fully saturated rings. The van der Waals surface area contributed by atoms with Gasteiger partial charge in [0.25, 0.3) is 0 Å². The quantitative estimate of drug-likeness (QED) is 0.799. The molecule has 0 spiro atoms. The molecule has 144 valence electrons. The van der Waals surface area contributed by atoms with Gasteiger partial charge in [-0.25, -0.2) is 0 Å². The van der Waals surface area contributed by atoms with E-state index in [1.165, 1.54) is 11.1 Å². The van der Waals surface area contributed by atoms with Gasteiger partial charge in [0.2, 0.25) is 5.91 Å². The van der Waals surface area contributed by atoms with E-state index in [-0.39, 0.29) is 24.0 Å². The minimum atomic E-state index is -0.103. The molecule has 0 bridgehead atoms. The summed E-state index contributed by atoms with van der Waals surface area (Å²) in [4.78, 5) is 12.9. The number of rotatable bonds is 6. The van der Waals surface area contributed by atoms with Crippen LogP contribution in [0.3, 0.4) is 0 Å². The highest BCUT2D eigenvalue weighted by Gasteiger charge is 2.27. The van der Waals surface area contributed by atoms with Crippen LogP contribution in [0.2, 0.25) is 0 Å². The van der Waals surface area contributed by atoms with Crippen LogP contribution in [-0.2, 0) is 11.2 Å². The fourth-order valence-corrected chi connectivity index (χ4v) is 3.73. The van der Waals surface area contributed by atoms with Crippen molar-refractivity contribution in [3.63, 3.8) is 0 Å². The molecule has 1 aliphatic carbocycles. The third kappa shape index (κ3) is 4.44. The van der Waals surface area contributed by atoms with Crippen LogP contribution in [0.4, 0.5) is 0 Å². The fraction of sp³-hybridized carbons (Fsp3) is 0.435. The molecule has 0 aromatic heterocycles. The maximum atomic E-state index is 12.9. The second-order valence-corrected chi connectivity index (χ2v) is 7.45. The van der Waals surface area contributed by atoms with Gasteiger partial charge in [-0.3, -0.25) is 4.79 Å². The molecule has 2 unspecified atom stereocenters. The summed E-state index contributed by atoms with van der Waals surface area (Å²) >= 11 is 0. The number of carbonyl (C=O) groups excluding carboxylic acids is 1. The van der Waals surface area contributed by atoms with E-state index in [0.29, 0.717) is 5.75 Å². The first kappa shape index (κ1) is 19.3. The van der Waals surface area contributed by atoms with Crippen LogP contribution in [0.1, 0.15) is 62.3 Å². The number of carbonyl (C=O) groups is 1. The van der Waals surface area contributed by atoms with Crippen LogP contribution in [0.15, 0.2) is 42.5 Å². The Hall–Kier alpha value is -2.49. The van der Waals surface area contributed by atoms with Crippen molar-refractivity contribution in [1.82, 2.24) is 5.32 Å². The molecule has 0 heterocycles. The van der Waals surface area contributed by atoms with E-state index in [9.17, 15) is 4.79 Å². The van der Waals surface area contributed by atoms with Crippen molar-refractivity contribution in [2.24, 2.45) is 0 Å². The maximum absolute atomic E-state index is 12.9. The molecule has 2 aromatic carbocycles. The zero-order valence-corrected chi connectivity index (χ0v) is 16.6. The summed E-state index contributed by atoms with van der Waals surface area (Å²) in [5, 5.41) is 3.18. The molecule has 4 heteroatoms. The SMILES string of the molecule is COc1cc(C(C)NC(=O)C2CCCc3ccccc32)ccc1OC(C)C. The molecule has 27 heavy (non-hydrogen) atoms. The van der Waals surface area contributed by atoms with Crippen molar-refractivity contribution in [3.8, 4) is 11.5 Å². The molecule has 3 rings (SSSR count). The molecule has 0 saturated heterocycles. The minimum Gasteiger partial charge on any atom is -0.493 e. The molecule has 2 aromatic rings. The van der Waals surface area contributed by atoms with Crippen LogP contribution in [-0.4, -0.2) is 19.1 Å². The fourth-order valence-electron chi connectivity index (χ4n) is 3.73. The number of nitrogens with one attached hydrogen (secondary N) is 1. The molecular formula is C23H29NO3. The Morgan fingerprint density at radius 3 is 2.63 bits per heavy atom. The van der Waals surface area contributed by atoms with E-state index < -0.39 is 0 Å². The van der Waals surface area contributed by atoms with Crippen LogP contribution >= 0.6 is 0 Å². The van der Waals surface area contributed by atoms with Crippen molar-refractivity contribution in [1.29, 1.82) is 0 Å². The second-order valence-electron chi connectivity index (χ2n) is 7.45. The Bertz CT molecular complexity index is 800. The highest BCUT2D eigenvalue weighted by atomic mass is 16.5. The van der Waals surface area contributed by atoms with Crippen LogP contribution in [0, 0.1) is 0 Å². The van der Waals surface area contributed by atoms with Gasteiger partial charge in [-0.15, -0.1) is 0 Å². The minimum absolute atomic E-state index is 0.0668. The first-order valence-electron chi connectivity index (χ1n) is 9.72. The zero-order valence-electron chi connectivity index (χ0n) is 16.6. The first-order chi connectivity index (χ1) is 13.0. The molecule has 1 N–H and O–H groups in total. The van der Waals surface area contributed by atoms with Gasteiger partial charge in [0.05, 0.1) is 25.2 Å². The normalized spacial score (nSPS) is 17.1. The van der Waals surface area contributed by atoms with E-state index in [0.717, 1.165) is 30.6 Å². The molecule has 2 atom stereocenters. The molecule has 1 amide bonds. The predicted molar refractivity (Wildman–Crippen MR) is 107 cm³/mol. The van der Waals surface area contributed by atoms with E-state index in [1.807, 2.05) is 45.0 Å². The van der Waals surface area contributed by atoms with Gasteiger partial charge in [-0.2, -0.15) is 0 Å². The van der Waals surface area contributed by atoms with Crippen LogP contribution in [0.5, 0.6) is 11.5 Å². The lowest BCUT2D eigenvalue weighted by molar-refractivity contribution is -0.123. The molecular weight excluding hydrogens is 338 g/mol.